The number of carbonyl (C=O) groups excluding carboxylic acids is 1. The Morgan fingerprint density at radius 3 is 2.44 bits per heavy atom. The summed E-state index contributed by atoms with van der Waals surface area (Å²) in [7, 11) is 0. The molecule has 0 bridgehead atoms. The van der Waals surface area contributed by atoms with Gasteiger partial charge in [0, 0.05) is 54.9 Å². The lowest BCUT2D eigenvalue weighted by atomic mass is 9.89. The summed E-state index contributed by atoms with van der Waals surface area (Å²) in [6.45, 7) is 8.89. The molecule has 32 heavy (non-hydrogen) atoms. The lowest BCUT2D eigenvalue weighted by Gasteiger charge is -2.43. The quantitative estimate of drug-likeness (QED) is 0.634. The van der Waals surface area contributed by atoms with Gasteiger partial charge in [-0.2, -0.15) is 0 Å². The fourth-order valence-corrected chi connectivity index (χ4v) is 5.45. The summed E-state index contributed by atoms with van der Waals surface area (Å²) in [5, 5.41) is 4.35. The largest absolute Gasteiger partial charge is 0.369 e. The van der Waals surface area contributed by atoms with Crippen LogP contribution in [0.2, 0.25) is 0 Å². The molecule has 1 aliphatic carbocycles. The molecular formula is C27H34N4O. The number of anilines is 1. The van der Waals surface area contributed by atoms with E-state index in [1.165, 1.54) is 29.7 Å². The number of rotatable bonds is 4. The van der Waals surface area contributed by atoms with Gasteiger partial charge in [-0.1, -0.05) is 30.3 Å². The molecule has 2 N–H and O–H groups in total. The predicted octanol–water partition coefficient (Wildman–Crippen LogP) is 4.65. The van der Waals surface area contributed by atoms with Crippen LogP contribution in [0.3, 0.4) is 0 Å². The summed E-state index contributed by atoms with van der Waals surface area (Å²) >= 11 is 0. The van der Waals surface area contributed by atoms with E-state index in [1.807, 2.05) is 30.3 Å². The second-order valence-electron chi connectivity index (χ2n) is 9.49. The molecule has 0 spiro atoms. The Labute approximate surface area is 190 Å². The molecule has 168 valence electrons. The molecule has 5 nitrogen and oxygen atoms in total. The molecule has 5 heteroatoms. The summed E-state index contributed by atoms with van der Waals surface area (Å²) in [6.07, 6.45) is 4.46. The van der Waals surface area contributed by atoms with Crippen LogP contribution in [0.15, 0.2) is 48.5 Å². The first kappa shape index (κ1) is 21.1. The third-order valence-corrected chi connectivity index (χ3v) is 7.55. The second kappa shape index (κ2) is 8.99. The van der Waals surface area contributed by atoms with Gasteiger partial charge in [-0.05, 0) is 68.9 Å². The highest BCUT2D eigenvalue weighted by atomic mass is 16.1. The summed E-state index contributed by atoms with van der Waals surface area (Å²) < 4.78 is 0. The van der Waals surface area contributed by atoms with Gasteiger partial charge in [-0.15, -0.1) is 0 Å². The van der Waals surface area contributed by atoms with E-state index >= 15 is 0 Å². The van der Waals surface area contributed by atoms with E-state index in [2.05, 4.69) is 52.1 Å². The summed E-state index contributed by atoms with van der Waals surface area (Å²) in [5.41, 5.74) is 5.86. The van der Waals surface area contributed by atoms with Gasteiger partial charge < -0.3 is 15.2 Å². The number of hydrogen-bond donors (Lipinski definition) is 2. The van der Waals surface area contributed by atoms with Gasteiger partial charge in [0.1, 0.15) is 5.69 Å². The zero-order valence-electron chi connectivity index (χ0n) is 19.2. The summed E-state index contributed by atoms with van der Waals surface area (Å²) in [4.78, 5) is 21.2. The van der Waals surface area contributed by atoms with Crippen molar-refractivity contribution < 1.29 is 4.79 Å². The molecule has 0 unspecified atom stereocenters. The number of piperazine rings is 1. The van der Waals surface area contributed by atoms with Crippen molar-refractivity contribution in [1.29, 1.82) is 0 Å². The fraction of sp³-hybridized carbons (Fsp3) is 0.444. The average molecular weight is 431 g/mol. The Balaban J connectivity index is 1.11. The Kier molecular flexibility index (Phi) is 5.92. The smallest absolute Gasteiger partial charge is 0.267 e. The molecule has 0 atom stereocenters. The van der Waals surface area contributed by atoms with Gasteiger partial charge in [0.05, 0.1) is 0 Å². The van der Waals surface area contributed by atoms with Crippen molar-refractivity contribution in [3.8, 4) is 0 Å². The molecule has 1 aliphatic heterocycles. The van der Waals surface area contributed by atoms with Crippen LogP contribution in [0, 0.1) is 13.8 Å². The van der Waals surface area contributed by atoms with Crippen LogP contribution >= 0.6 is 0 Å². The van der Waals surface area contributed by atoms with Crippen LogP contribution in [0.4, 0.5) is 5.69 Å². The van der Waals surface area contributed by atoms with Crippen LogP contribution < -0.4 is 10.2 Å². The molecule has 5 rings (SSSR count). The van der Waals surface area contributed by atoms with Crippen molar-refractivity contribution in [3.05, 3.63) is 65.4 Å². The van der Waals surface area contributed by atoms with Gasteiger partial charge in [0.2, 0.25) is 0 Å². The molecule has 0 radical (unpaired) electrons. The van der Waals surface area contributed by atoms with Crippen LogP contribution in [0.5, 0.6) is 0 Å². The van der Waals surface area contributed by atoms with E-state index in [0.717, 1.165) is 49.9 Å². The number of para-hydroxylation sites is 1. The summed E-state index contributed by atoms with van der Waals surface area (Å²) in [5.74, 6) is 0.0202. The standard InChI is InChI=1S/C27H34N4O/c1-19-6-5-9-26(20(19)2)31-16-14-30(15-17-31)23-12-10-22(11-13-23)28-27(32)25-18-21-7-3-4-8-24(21)29-25/h3-9,18,22-23,29H,10-17H2,1-2H3,(H,28,32). The van der Waals surface area contributed by atoms with Crippen molar-refractivity contribution in [2.24, 2.45) is 0 Å². The SMILES string of the molecule is Cc1cccc(N2CCN(C3CCC(NC(=O)c4cc5ccccc5[nH]4)CC3)CC2)c1C. The number of amides is 1. The van der Waals surface area contributed by atoms with Crippen molar-refractivity contribution >= 4 is 22.5 Å². The molecule has 2 aromatic carbocycles. The van der Waals surface area contributed by atoms with Gasteiger partial charge in [0.25, 0.3) is 5.91 Å². The number of fused-ring (bicyclic) bond motifs is 1. The van der Waals surface area contributed by atoms with Gasteiger partial charge in [-0.25, -0.2) is 0 Å². The maximum Gasteiger partial charge on any atom is 0.267 e. The fourth-order valence-electron chi connectivity index (χ4n) is 5.45. The molecular weight excluding hydrogens is 396 g/mol. The number of aromatic amines is 1. The highest BCUT2D eigenvalue weighted by Gasteiger charge is 2.29. The highest BCUT2D eigenvalue weighted by molar-refractivity contribution is 5.98. The monoisotopic (exact) mass is 430 g/mol. The third kappa shape index (κ3) is 4.26. The Morgan fingerprint density at radius 1 is 0.938 bits per heavy atom. The first-order valence-corrected chi connectivity index (χ1v) is 12.0. The average Bonchev–Trinajstić information content (AvgIpc) is 3.26. The van der Waals surface area contributed by atoms with Gasteiger partial charge in [0.15, 0.2) is 0 Å². The topological polar surface area (TPSA) is 51.4 Å². The number of nitrogens with one attached hydrogen (secondary N) is 2. The maximum absolute atomic E-state index is 12.7. The first-order valence-electron chi connectivity index (χ1n) is 12.0. The molecule has 3 aromatic rings. The van der Waals surface area contributed by atoms with Crippen LogP contribution in [-0.2, 0) is 0 Å². The van der Waals surface area contributed by atoms with E-state index in [0.29, 0.717) is 11.7 Å². The number of benzene rings is 2. The number of aryl methyl sites for hydroxylation is 1. The highest BCUT2D eigenvalue weighted by Crippen LogP contribution is 2.28. The molecule has 1 aromatic heterocycles. The minimum absolute atomic E-state index is 0.0202. The van der Waals surface area contributed by atoms with Crippen LogP contribution in [-0.4, -0.2) is 54.1 Å². The van der Waals surface area contributed by atoms with Crippen molar-refractivity contribution in [1.82, 2.24) is 15.2 Å². The predicted molar refractivity (Wildman–Crippen MR) is 132 cm³/mol. The van der Waals surface area contributed by atoms with E-state index in [1.54, 1.807) is 0 Å². The van der Waals surface area contributed by atoms with E-state index in [9.17, 15) is 4.79 Å². The molecule has 1 saturated carbocycles. The van der Waals surface area contributed by atoms with Crippen molar-refractivity contribution in [2.45, 2.75) is 51.6 Å². The maximum atomic E-state index is 12.7. The van der Waals surface area contributed by atoms with Crippen molar-refractivity contribution in [3.63, 3.8) is 0 Å². The Bertz CT molecular complexity index is 1050. The summed E-state index contributed by atoms with van der Waals surface area (Å²) in [6, 6.07) is 17.6. The first-order chi connectivity index (χ1) is 15.6. The third-order valence-electron chi connectivity index (χ3n) is 7.55. The van der Waals surface area contributed by atoms with Gasteiger partial charge in [-0.3, -0.25) is 9.69 Å². The zero-order valence-corrected chi connectivity index (χ0v) is 19.2. The lowest BCUT2D eigenvalue weighted by molar-refractivity contribution is 0.0895. The van der Waals surface area contributed by atoms with E-state index in [-0.39, 0.29) is 11.9 Å². The van der Waals surface area contributed by atoms with E-state index in [4.69, 9.17) is 0 Å². The van der Waals surface area contributed by atoms with Crippen LogP contribution in [0.25, 0.3) is 10.9 Å². The van der Waals surface area contributed by atoms with Crippen molar-refractivity contribution in [2.75, 3.05) is 31.1 Å². The number of H-pyrrole nitrogens is 1. The molecule has 1 amide bonds. The lowest BCUT2D eigenvalue weighted by Crippen LogP contribution is -2.52. The molecule has 1 saturated heterocycles. The van der Waals surface area contributed by atoms with E-state index < -0.39 is 0 Å². The Morgan fingerprint density at radius 2 is 1.69 bits per heavy atom. The molecule has 2 fully saturated rings. The normalized spacial score (nSPS) is 22.2. The number of nitrogens with zero attached hydrogens (tertiary/aromatic N) is 2. The molecule has 2 heterocycles. The number of carbonyl (C=O) groups is 1. The number of aromatic nitrogens is 1. The van der Waals surface area contributed by atoms with Crippen LogP contribution in [0.1, 0.15) is 47.3 Å². The second-order valence-corrected chi connectivity index (χ2v) is 9.49. The number of hydrogen-bond acceptors (Lipinski definition) is 3. The Hall–Kier alpha value is -2.79. The molecule has 2 aliphatic rings. The zero-order chi connectivity index (χ0) is 22.1. The minimum Gasteiger partial charge on any atom is -0.369 e. The minimum atomic E-state index is 0.0202. The van der Waals surface area contributed by atoms with Gasteiger partial charge >= 0.3 is 0 Å².